The van der Waals surface area contributed by atoms with Crippen LogP contribution in [0, 0.1) is 0 Å². The van der Waals surface area contributed by atoms with E-state index >= 15 is 0 Å². The number of phenolic OH excluding ortho intramolecular Hbond substituents is 1. The van der Waals surface area contributed by atoms with Crippen molar-refractivity contribution in [3.05, 3.63) is 54.1 Å². The van der Waals surface area contributed by atoms with Gasteiger partial charge in [-0.15, -0.1) is 0 Å². The standard InChI is InChI=1S/C16H16O5/c1-20-13-6-2-11(3-7-13)15(16(18)19)10-21-14-8-4-12(17)5-9-14/h2-9,15,17H,10H2,1H3,(H,18,19). The number of hydrogen-bond donors (Lipinski definition) is 2. The largest absolute Gasteiger partial charge is 0.508 e. The first kappa shape index (κ1) is 14.7. The maximum absolute atomic E-state index is 11.4. The summed E-state index contributed by atoms with van der Waals surface area (Å²) in [4.78, 5) is 11.4. The van der Waals surface area contributed by atoms with Gasteiger partial charge >= 0.3 is 5.97 Å². The Labute approximate surface area is 122 Å². The Morgan fingerprint density at radius 2 is 1.62 bits per heavy atom. The van der Waals surface area contributed by atoms with E-state index in [0.29, 0.717) is 17.1 Å². The van der Waals surface area contributed by atoms with E-state index in [1.165, 1.54) is 12.1 Å². The lowest BCUT2D eigenvalue weighted by atomic mass is 10.0. The van der Waals surface area contributed by atoms with Crippen molar-refractivity contribution >= 4 is 5.97 Å². The number of methoxy groups -OCH3 is 1. The number of phenols is 1. The first-order valence-corrected chi connectivity index (χ1v) is 6.38. The van der Waals surface area contributed by atoms with Gasteiger partial charge in [-0.1, -0.05) is 12.1 Å². The predicted octanol–water partition coefficient (Wildman–Crippen LogP) is 2.65. The van der Waals surface area contributed by atoms with Gasteiger partial charge in [0.25, 0.3) is 0 Å². The molecule has 1 unspecified atom stereocenters. The first-order chi connectivity index (χ1) is 10.1. The highest BCUT2D eigenvalue weighted by atomic mass is 16.5. The molecule has 21 heavy (non-hydrogen) atoms. The van der Waals surface area contributed by atoms with Crippen molar-refractivity contribution in [3.63, 3.8) is 0 Å². The molecule has 0 aliphatic rings. The molecule has 0 amide bonds. The summed E-state index contributed by atoms with van der Waals surface area (Å²) in [7, 11) is 1.55. The van der Waals surface area contributed by atoms with E-state index < -0.39 is 11.9 Å². The average Bonchev–Trinajstić information content (AvgIpc) is 2.49. The van der Waals surface area contributed by atoms with Crippen molar-refractivity contribution in [3.8, 4) is 17.2 Å². The van der Waals surface area contributed by atoms with Gasteiger partial charge < -0.3 is 19.7 Å². The monoisotopic (exact) mass is 288 g/mol. The van der Waals surface area contributed by atoms with E-state index in [0.717, 1.165) is 0 Å². The summed E-state index contributed by atoms with van der Waals surface area (Å²) >= 11 is 0. The zero-order valence-electron chi connectivity index (χ0n) is 11.5. The molecule has 2 rings (SSSR count). The number of aromatic hydroxyl groups is 1. The summed E-state index contributed by atoms with van der Waals surface area (Å²) in [5.41, 5.74) is 0.641. The van der Waals surface area contributed by atoms with Gasteiger partial charge in [0.15, 0.2) is 0 Å². The summed E-state index contributed by atoms with van der Waals surface area (Å²) < 4.78 is 10.5. The second-order valence-corrected chi connectivity index (χ2v) is 4.47. The minimum absolute atomic E-state index is 0.00639. The van der Waals surface area contributed by atoms with Crippen LogP contribution < -0.4 is 9.47 Å². The lowest BCUT2D eigenvalue weighted by Gasteiger charge is -2.14. The van der Waals surface area contributed by atoms with Crippen LogP contribution in [0.25, 0.3) is 0 Å². The molecule has 0 heterocycles. The highest BCUT2D eigenvalue weighted by molar-refractivity contribution is 5.76. The van der Waals surface area contributed by atoms with Gasteiger partial charge in [-0.25, -0.2) is 0 Å². The highest BCUT2D eigenvalue weighted by Crippen LogP contribution is 2.22. The molecule has 2 aromatic rings. The summed E-state index contributed by atoms with van der Waals surface area (Å²) in [5.74, 6) is -0.425. The lowest BCUT2D eigenvalue weighted by molar-refractivity contribution is -0.139. The van der Waals surface area contributed by atoms with Gasteiger partial charge in [0.05, 0.1) is 7.11 Å². The fraction of sp³-hybridized carbons (Fsp3) is 0.188. The summed E-state index contributed by atoms with van der Waals surface area (Å²) in [5, 5.41) is 18.5. The Balaban J connectivity index is 2.08. The van der Waals surface area contributed by atoms with Gasteiger partial charge in [0.2, 0.25) is 0 Å². The number of carbonyl (C=O) groups is 1. The number of carboxylic acids is 1. The average molecular weight is 288 g/mol. The Kier molecular flexibility index (Phi) is 4.66. The van der Waals surface area contributed by atoms with Crippen LogP contribution in [0.1, 0.15) is 11.5 Å². The van der Waals surface area contributed by atoms with Crippen LogP contribution in [0.4, 0.5) is 0 Å². The number of ether oxygens (including phenoxy) is 2. The van der Waals surface area contributed by atoms with E-state index in [-0.39, 0.29) is 12.4 Å². The van der Waals surface area contributed by atoms with Crippen molar-refractivity contribution < 1.29 is 24.5 Å². The van der Waals surface area contributed by atoms with E-state index in [1.807, 2.05) is 0 Å². The van der Waals surface area contributed by atoms with Gasteiger partial charge in [0.1, 0.15) is 29.8 Å². The van der Waals surface area contributed by atoms with E-state index in [2.05, 4.69) is 0 Å². The minimum Gasteiger partial charge on any atom is -0.508 e. The Hall–Kier alpha value is -2.69. The molecule has 110 valence electrons. The van der Waals surface area contributed by atoms with Crippen LogP contribution in [0.15, 0.2) is 48.5 Å². The van der Waals surface area contributed by atoms with E-state index in [9.17, 15) is 15.0 Å². The van der Waals surface area contributed by atoms with Crippen molar-refractivity contribution in [1.29, 1.82) is 0 Å². The number of hydrogen-bond acceptors (Lipinski definition) is 4. The van der Waals surface area contributed by atoms with Crippen LogP contribution in [-0.2, 0) is 4.79 Å². The molecular formula is C16H16O5. The molecule has 1 atom stereocenters. The van der Waals surface area contributed by atoms with Crippen molar-refractivity contribution in [2.24, 2.45) is 0 Å². The molecule has 0 radical (unpaired) electrons. The summed E-state index contributed by atoms with van der Waals surface area (Å²) in [6, 6.07) is 13.0. The third-order valence-corrected chi connectivity index (χ3v) is 3.07. The van der Waals surface area contributed by atoms with Crippen LogP contribution >= 0.6 is 0 Å². The number of rotatable bonds is 6. The molecule has 0 spiro atoms. The molecule has 0 aromatic heterocycles. The summed E-state index contributed by atoms with van der Waals surface area (Å²) in [6.07, 6.45) is 0. The Morgan fingerprint density at radius 1 is 1.05 bits per heavy atom. The van der Waals surface area contributed by atoms with Crippen LogP contribution in [-0.4, -0.2) is 29.9 Å². The maximum atomic E-state index is 11.4. The summed E-state index contributed by atoms with van der Waals surface area (Å²) in [6.45, 7) is 0.00639. The molecule has 5 heteroatoms. The molecule has 2 N–H and O–H groups in total. The Morgan fingerprint density at radius 3 is 2.14 bits per heavy atom. The van der Waals surface area contributed by atoms with Gasteiger partial charge in [-0.05, 0) is 42.0 Å². The molecule has 0 fully saturated rings. The maximum Gasteiger partial charge on any atom is 0.314 e. The highest BCUT2D eigenvalue weighted by Gasteiger charge is 2.20. The van der Waals surface area contributed by atoms with E-state index in [4.69, 9.17) is 9.47 Å². The number of benzene rings is 2. The molecule has 0 saturated heterocycles. The molecule has 0 saturated carbocycles. The predicted molar refractivity (Wildman–Crippen MR) is 77.0 cm³/mol. The lowest BCUT2D eigenvalue weighted by Crippen LogP contribution is -2.19. The van der Waals surface area contributed by atoms with Crippen LogP contribution in [0.2, 0.25) is 0 Å². The second-order valence-electron chi connectivity index (χ2n) is 4.47. The van der Waals surface area contributed by atoms with Crippen LogP contribution in [0.3, 0.4) is 0 Å². The zero-order chi connectivity index (χ0) is 15.2. The van der Waals surface area contributed by atoms with Gasteiger partial charge in [-0.3, -0.25) is 4.79 Å². The number of aliphatic carboxylic acids is 1. The number of carboxylic acid groups (broad SMARTS) is 1. The van der Waals surface area contributed by atoms with Crippen molar-refractivity contribution in [2.75, 3.05) is 13.7 Å². The molecule has 2 aromatic carbocycles. The topological polar surface area (TPSA) is 76.0 Å². The third kappa shape index (κ3) is 3.89. The first-order valence-electron chi connectivity index (χ1n) is 6.38. The molecular weight excluding hydrogens is 272 g/mol. The minimum atomic E-state index is -0.959. The smallest absolute Gasteiger partial charge is 0.314 e. The van der Waals surface area contributed by atoms with Gasteiger partial charge in [-0.2, -0.15) is 0 Å². The third-order valence-electron chi connectivity index (χ3n) is 3.07. The van der Waals surface area contributed by atoms with Crippen molar-refractivity contribution in [1.82, 2.24) is 0 Å². The Bertz CT molecular complexity index is 589. The quantitative estimate of drug-likeness (QED) is 0.854. The zero-order valence-corrected chi connectivity index (χ0v) is 11.5. The molecule has 5 nitrogen and oxygen atoms in total. The fourth-order valence-electron chi connectivity index (χ4n) is 1.87. The second kappa shape index (κ2) is 6.65. The normalized spacial score (nSPS) is 11.7. The van der Waals surface area contributed by atoms with Crippen molar-refractivity contribution in [2.45, 2.75) is 5.92 Å². The molecule has 0 aliphatic carbocycles. The molecule has 0 aliphatic heterocycles. The van der Waals surface area contributed by atoms with Crippen LogP contribution in [0.5, 0.6) is 17.2 Å². The van der Waals surface area contributed by atoms with Gasteiger partial charge in [0, 0.05) is 0 Å². The fourth-order valence-corrected chi connectivity index (χ4v) is 1.87. The SMILES string of the molecule is COc1ccc(C(COc2ccc(O)cc2)C(=O)O)cc1. The van der Waals surface area contributed by atoms with E-state index in [1.54, 1.807) is 43.5 Å². The molecule has 0 bridgehead atoms.